The Bertz CT molecular complexity index is 1070. The Morgan fingerprint density at radius 2 is 2.04 bits per heavy atom. The second-order valence-corrected chi connectivity index (χ2v) is 7.19. The molecule has 0 N–H and O–H groups in total. The Morgan fingerprint density at radius 1 is 1.16 bits per heavy atom. The van der Waals surface area contributed by atoms with Crippen molar-refractivity contribution >= 4 is 17.4 Å². The summed E-state index contributed by atoms with van der Waals surface area (Å²) in [6.07, 6.45) is 3.96. The van der Waals surface area contributed by atoms with Gasteiger partial charge < -0.3 is 4.57 Å². The first kappa shape index (κ1) is 14.7. The normalized spacial score (nSPS) is 12.6. The zero-order valence-corrected chi connectivity index (χ0v) is 14.8. The highest BCUT2D eigenvalue weighted by molar-refractivity contribution is 7.98. The van der Waals surface area contributed by atoms with E-state index in [2.05, 4.69) is 50.1 Å². The van der Waals surface area contributed by atoms with Gasteiger partial charge in [-0.2, -0.15) is 4.98 Å². The summed E-state index contributed by atoms with van der Waals surface area (Å²) in [6.45, 7) is 4.84. The molecule has 5 rings (SSSR count). The van der Waals surface area contributed by atoms with E-state index in [-0.39, 0.29) is 0 Å². The number of hydrogen-bond acceptors (Lipinski definition) is 5. The van der Waals surface area contributed by atoms with E-state index < -0.39 is 0 Å². The van der Waals surface area contributed by atoms with Crippen molar-refractivity contribution in [2.75, 3.05) is 0 Å². The van der Waals surface area contributed by atoms with Gasteiger partial charge in [0, 0.05) is 30.3 Å². The van der Waals surface area contributed by atoms with Crippen molar-refractivity contribution in [3.63, 3.8) is 0 Å². The van der Waals surface area contributed by atoms with Crippen molar-refractivity contribution in [1.82, 2.24) is 29.1 Å². The molecule has 0 saturated carbocycles. The molecule has 0 bridgehead atoms. The third-order valence-electron chi connectivity index (χ3n) is 4.46. The van der Waals surface area contributed by atoms with Crippen LogP contribution in [0.25, 0.3) is 17.0 Å². The third-order valence-corrected chi connectivity index (χ3v) is 5.34. The van der Waals surface area contributed by atoms with E-state index in [1.165, 1.54) is 11.1 Å². The Hall–Kier alpha value is -2.67. The lowest BCUT2D eigenvalue weighted by Crippen LogP contribution is -1.97. The number of aromatic nitrogens is 6. The number of fused-ring (bicyclic) bond motifs is 4. The van der Waals surface area contributed by atoms with E-state index in [1.807, 2.05) is 24.6 Å². The Labute approximate surface area is 149 Å². The molecule has 0 aliphatic carbocycles. The number of hydrogen-bond donors (Lipinski definition) is 0. The molecule has 124 valence electrons. The van der Waals surface area contributed by atoms with Gasteiger partial charge in [-0.3, -0.25) is 4.98 Å². The Kier molecular flexibility index (Phi) is 3.18. The number of thioether (sulfide) groups is 1. The second kappa shape index (κ2) is 5.42. The van der Waals surface area contributed by atoms with Crippen LogP contribution in [0.1, 0.15) is 22.6 Å². The van der Waals surface area contributed by atoms with E-state index in [0.717, 1.165) is 46.0 Å². The lowest BCUT2D eigenvalue weighted by Gasteiger charge is -1.97. The summed E-state index contributed by atoms with van der Waals surface area (Å²) in [5, 5.41) is 5.34. The number of benzene rings is 1. The second-order valence-electron chi connectivity index (χ2n) is 6.24. The van der Waals surface area contributed by atoms with Gasteiger partial charge >= 0.3 is 0 Å². The molecular formula is C18H16N6S. The molecule has 0 unspecified atom stereocenters. The van der Waals surface area contributed by atoms with E-state index in [1.54, 1.807) is 11.8 Å². The van der Waals surface area contributed by atoms with Crippen LogP contribution in [0.15, 0.2) is 41.8 Å². The number of imidazole rings is 1. The summed E-state index contributed by atoms with van der Waals surface area (Å²) in [6, 6.07) is 8.45. The fraction of sp³-hybridized carbons (Fsp3) is 0.222. The fourth-order valence-electron chi connectivity index (χ4n) is 3.21. The van der Waals surface area contributed by atoms with Gasteiger partial charge in [0.1, 0.15) is 5.82 Å². The van der Waals surface area contributed by atoms with Crippen LogP contribution in [0.4, 0.5) is 0 Å². The van der Waals surface area contributed by atoms with Crippen LogP contribution in [0.3, 0.4) is 0 Å². The molecule has 4 heterocycles. The van der Waals surface area contributed by atoms with Gasteiger partial charge in [-0.05, 0) is 19.4 Å². The molecule has 3 aromatic heterocycles. The molecule has 0 radical (unpaired) electrons. The standard InChI is InChI=1S/C18H16N6S/c1-11-7-19-12(2)16-21-18(22-24(11)16)25-10-14-9-23-8-13-5-3-4-6-15(13)17(23)20-14/h3-7,9H,8,10H2,1-2H3. The molecule has 0 fully saturated rings. The minimum absolute atomic E-state index is 0.755. The van der Waals surface area contributed by atoms with Crippen LogP contribution < -0.4 is 0 Å². The van der Waals surface area contributed by atoms with Crippen molar-refractivity contribution in [1.29, 1.82) is 0 Å². The Balaban J connectivity index is 1.40. The molecule has 1 aliphatic rings. The maximum absolute atomic E-state index is 4.80. The van der Waals surface area contributed by atoms with E-state index in [4.69, 9.17) is 4.98 Å². The van der Waals surface area contributed by atoms with Crippen LogP contribution in [0.2, 0.25) is 0 Å². The molecule has 0 spiro atoms. The predicted molar refractivity (Wildman–Crippen MR) is 96.6 cm³/mol. The average Bonchev–Trinajstić information content (AvgIpc) is 3.29. The highest BCUT2D eigenvalue weighted by atomic mass is 32.2. The molecule has 0 atom stereocenters. The maximum atomic E-state index is 4.80. The molecular weight excluding hydrogens is 332 g/mol. The minimum atomic E-state index is 0.755. The number of rotatable bonds is 3. The van der Waals surface area contributed by atoms with Gasteiger partial charge in [0.15, 0.2) is 5.65 Å². The summed E-state index contributed by atoms with van der Waals surface area (Å²) in [7, 11) is 0. The van der Waals surface area contributed by atoms with Gasteiger partial charge in [-0.15, -0.1) is 5.10 Å². The lowest BCUT2D eigenvalue weighted by atomic mass is 10.1. The Morgan fingerprint density at radius 3 is 2.92 bits per heavy atom. The van der Waals surface area contributed by atoms with Crippen LogP contribution in [-0.2, 0) is 12.3 Å². The van der Waals surface area contributed by atoms with E-state index >= 15 is 0 Å². The monoisotopic (exact) mass is 348 g/mol. The SMILES string of the molecule is Cc1ncc(C)n2nc(SCc3cn4c(n3)-c3ccccc3C4)nc12. The first-order valence-electron chi connectivity index (χ1n) is 8.15. The molecule has 1 aromatic carbocycles. The van der Waals surface area contributed by atoms with Gasteiger partial charge in [-0.1, -0.05) is 36.0 Å². The van der Waals surface area contributed by atoms with Crippen LogP contribution in [-0.4, -0.2) is 29.1 Å². The summed E-state index contributed by atoms with van der Waals surface area (Å²) in [4.78, 5) is 13.8. The van der Waals surface area contributed by atoms with Gasteiger partial charge in [-0.25, -0.2) is 9.50 Å². The van der Waals surface area contributed by atoms with Gasteiger partial charge in [0.25, 0.3) is 0 Å². The average molecular weight is 348 g/mol. The van der Waals surface area contributed by atoms with Crippen LogP contribution in [0, 0.1) is 13.8 Å². The molecule has 25 heavy (non-hydrogen) atoms. The summed E-state index contributed by atoms with van der Waals surface area (Å²) < 4.78 is 4.07. The summed E-state index contributed by atoms with van der Waals surface area (Å²) in [5.74, 6) is 1.81. The lowest BCUT2D eigenvalue weighted by molar-refractivity contribution is 0.842. The van der Waals surface area contributed by atoms with Crippen molar-refractivity contribution in [3.05, 3.63) is 59.3 Å². The third kappa shape index (κ3) is 2.34. The quantitative estimate of drug-likeness (QED) is 0.468. The van der Waals surface area contributed by atoms with E-state index in [9.17, 15) is 0 Å². The highest BCUT2D eigenvalue weighted by Gasteiger charge is 2.20. The predicted octanol–water partition coefficient (Wildman–Crippen LogP) is 3.26. The largest absolute Gasteiger partial charge is 0.326 e. The fourth-order valence-corrected chi connectivity index (χ4v) is 3.92. The molecule has 0 amide bonds. The topological polar surface area (TPSA) is 60.9 Å². The van der Waals surface area contributed by atoms with Gasteiger partial charge in [0.05, 0.1) is 17.1 Å². The van der Waals surface area contributed by atoms with Crippen molar-refractivity contribution in [2.24, 2.45) is 0 Å². The van der Waals surface area contributed by atoms with Crippen molar-refractivity contribution < 1.29 is 0 Å². The van der Waals surface area contributed by atoms with Gasteiger partial charge in [0.2, 0.25) is 5.16 Å². The molecule has 6 nitrogen and oxygen atoms in total. The molecule has 7 heteroatoms. The molecule has 1 aliphatic heterocycles. The highest BCUT2D eigenvalue weighted by Crippen LogP contribution is 2.32. The smallest absolute Gasteiger partial charge is 0.209 e. The zero-order chi connectivity index (χ0) is 17.0. The number of nitrogens with zero attached hydrogens (tertiary/aromatic N) is 6. The first-order chi connectivity index (χ1) is 12.2. The zero-order valence-electron chi connectivity index (χ0n) is 14.0. The van der Waals surface area contributed by atoms with Crippen molar-refractivity contribution in [3.8, 4) is 11.4 Å². The summed E-state index contributed by atoms with van der Waals surface area (Å²) >= 11 is 1.61. The molecule has 0 saturated heterocycles. The van der Waals surface area contributed by atoms with Crippen LogP contribution in [0.5, 0.6) is 0 Å². The minimum Gasteiger partial charge on any atom is -0.326 e. The maximum Gasteiger partial charge on any atom is 0.209 e. The first-order valence-corrected chi connectivity index (χ1v) is 9.14. The molecule has 4 aromatic rings. The van der Waals surface area contributed by atoms with Crippen molar-refractivity contribution in [2.45, 2.75) is 31.3 Å². The number of aryl methyl sites for hydroxylation is 2. The van der Waals surface area contributed by atoms with E-state index in [0.29, 0.717) is 0 Å². The van der Waals surface area contributed by atoms with Crippen LogP contribution >= 0.6 is 11.8 Å². The summed E-state index contributed by atoms with van der Waals surface area (Å²) in [5.41, 5.74) is 6.33.